The molecule has 29 heavy (non-hydrogen) atoms. The molecule has 0 fully saturated rings. The van der Waals surface area contributed by atoms with E-state index in [0.717, 1.165) is 22.2 Å². The number of rotatable bonds is 2. The number of aromatic amines is 1. The zero-order valence-electron chi connectivity index (χ0n) is 16.4. The normalized spacial score (nSPS) is 11.4. The number of H-pyrrole nitrogens is 1. The van der Waals surface area contributed by atoms with Gasteiger partial charge in [0, 0.05) is 21.9 Å². The molecule has 0 aliphatic rings. The molecular weight excluding hydrogens is 362 g/mol. The average Bonchev–Trinajstić information content (AvgIpc) is 3.16. The van der Waals surface area contributed by atoms with E-state index in [9.17, 15) is 4.79 Å². The van der Waals surface area contributed by atoms with Crippen molar-refractivity contribution in [3.05, 3.63) is 81.5 Å². The van der Waals surface area contributed by atoms with E-state index in [4.69, 9.17) is 4.42 Å². The first-order valence-corrected chi connectivity index (χ1v) is 9.49. The van der Waals surface area contributed by atoms with Crippen molar-refractivity contribution in [3.8, 4) is 22.9 Å². The lowest BCUT2D eigenvalue weighted by Crippen LogP contribution is -2.04. The predicted octanol–water partition coefficient (Wildman–Crippen LogP) is 5.32. The van der Waals surface area contributed by atoms with Crippen LogP contribution in [-0.2, 0) is 0 Å². The molecule has 0 amide bonds. The van der Waals surface area contributed by atoms with Crippen LogP contribution in [0, 0.1) is 20.8 Å². The van der Waals surface area contributed by atoms with Crippen molar-refractivity contribution in [2.24, 2.45) is 0 Å². The number of aromatic nitrogens is 3. The molecule has 2 heterocycles. The van der Waals surface area contributed by atoms with Gasteiger partial charge in [-0.25, -0.2) is 0 Å². The second-order valence-corrected chi connectivity index (χ2v) is 7.41. The zero-order chi connectivity index (χ0) is 20.1. The van der Waals surface area contributed by atoms with Crippen LogP contribution in [0.15, 0.2) is 63.8 Å². The van der Waals surface area contributed by atoms with Crippen LogP contribution >= 0.6 is 0 Å². The van der Waals surface area contributed by atoms with E-state index in [-0.39, 0.29) is 5.43 Å². The molecule has 5 aromatic rings. The quantitative estimate of drug-likeness (QED) is 0.420. The van der Waals surface area contributed by atoms with Crippen molar-refractivity contribution < 1.29 is 4.42 Å². The Hall–Kier alpha value is -3.73. The summed E-state index contributed by atoms with van der Waals surface area (Å²) in [4.78, 5) is 16.3. The van der Waals surface area contributed by atoms with Gasteiger partial charge in [0.25, 0.3) is 0 Å². The summed E-state index contributed by atoms with van der Waals surface area (Å²) in [5, 5.41) is 9.85. The molecule has 0 spiro atoms. The van der Waals surface area contributed by atoms with Gasteiger partial charge in [-0.05, 0) is 56.2 Å². The van der Waals surface area contributed by atoms with Gasteiger partial charge in [0.2, 0.25) is 11.8 Å². The van der Waals surface area contributed by atoms with Gasteiger partial charge in [-0.2, -0.15) is 0 Å². The average molecular weight is 381 g/mol. The Bertz CT molecular complexity index is 1440. The smallest absolute Gasteiger partial charge is 0.250 e. The fraction of sp³-hybridized carbons (Fsp3) is 0.125. The molecule has 0 unspecified atom stereocenters. The first-order chi connectivity index (χ1) is 14.0. The van der Waals surface area contributed by atoms with Gasteiger partial charge in [0.15, 0.2) is 5.43 Å². The summed E-state index contributed by atoms with van der Waals surface area (Å²) in [5.74, 6) is 0.867. The summed E-state index contributed by atoms with van der Waals surface area (Å²) in [6.45, 7) is 6.15. The summed E-state index contributed by atoms with van der Waals surface area (Å²) < 4.78 is 6.07. The first-order valence-electron chi connectivity index (χ1n) is 9.49. The van der Waals surface area contributed by atoms with Crippen LogP contribution in [0.5, 0.6) is 0 Å². The summed E-state index contributed by atoms with van der Waals surface area (Å²) in [7, 11) is 0. The zero-order valence-corrected chi connectivity index (χ0v) is 16.4. The molecule has 0 bridgehead atoms. The summed E-state index contributed by atoms with van der Waals surface area (Å²) in [6, 6.07) is 17.2. The Labute approximate surface area is 167 Å². The number of nitrogens with zero attached hydrogens (tertiary/aromatic N) is 2. The van der Waals surface area contributed by atoms with Crippen molar-refractivity contribution >= 4 is 21.8 Å². The van der Waals surface area contributed by atoms with Gasteiger partial charge in [0.1, 0.15) is 0 Å². The molecular formula is C24H19N3O2. The third kappa shape index (κ3) is 2.74. The van der Waals surface area contributed by atoms with E-state index < -0.39 is 0 Å². The monoisotopic (exact) mass is 381 g/mol. The molecule has 5 heteroatoms. The molecule has 0 atom stereocenters. The molecule has 0 radical (unpaired) electrons. The highest BCUT2D eigenvalue weighted by molar-refractivity contribution is 5.98. The molecule has 0 aliphatic heterocycles. The number of para-hydroxylation sites is 2. The Balaban J connectivity index is 1.73. The number of aryl methyl sites for hydroxylation is 3. The van der Waals surface area contributed by atoms with Gasteiger partial charge < -0.3 is 9.40 Å². The summed E-state index contributed by atoms with van der Waals surface area (Å²) in [6.07, 6.45) is 0. The molecule has 142 valence electrons. The molecule has 5 rings (SSSR count). The van der Waals surface area contributed by atoms with E-state index in [2.05, 4.69) is 34.2 Å². The second kappa shape index (κ2) is 6.41. The maximum atomic E-state index is 12.9. The van der Waals surface area contributed by atoms with Crippen molar-refractivity contribution in [1.82, 2.24) is 15.2 Å². The number of pyridine rings is 1. The lowest BCUT2D eigenvalue weighted by atomic mass is 10.00. The minimum Gasteiger partial charge on any atom is -0.416 e. The van der Waals surface area contributed by atoms with Crippen LogP contribution in [0.2, 0.25) is 0 Å². The van der Waals surface area contributed by atoms with Crippen molar-refractivity contribution in [1.29, 1.82) is 0 Å². The maximum Gasteiger partial charge on any atom is 0.250 e. The molecule has 0 saturated heterocycles. The Kier molecular flexibility index (Phi) is 3.84. The molecule has 5 nitrogen and oxygen atoms in total. The van der Waals surface area contributed by atoms with Gasteiger partial charge >= 0.3 is 0 Å². The molecule has 0 aliphatic carbocycles. The summed E-state index contributed by atoms with van der Waals surface area (Å²) in [5.41, 5.74) is 6.51. The highest BCUT2D eigenvalue weighted by atomic mass is 16.4. The van der Waals surface area contributed by atoms with Crippen LogP contribution < -0.4 is 5.43 Å². The topological polar surface area (TPSA) is 71.8 Å². The predicted molar refractivity (Wildman–Crippen MR) is 115 cm³/mol. The minimum absolute atomic E-state index is 0.0128. The number of hydrogen-bond donors (Lipinski definition) is 1. The molecule has 0 saturated carbocycles. The van der Waals surface area contributed by atoms with Gasteiger partial charge in [-0.1, -0.05) is 35.9 Å². The third-order valence-electron chi connectivity index (χ3n) is 5.29. The Morgan fingerprint density at radius 3 is 2.31 bits per heavy atom. The van der Waals surface area contributed by atoms with Crippen LogP contribution in [0.1, 0.15) is 16.7 Å². The van der Waals surface area contributed by atoms with Crippen LogP contribution in [-0.4, -0.2) is 15.2 Å². The number of benzene rings is 3. The third-order valence-corrected chi connectivity index (χ3v) is 5.29. The number of hydrogen-bond acceptors (Lipinski definition) is 4. The van der Waals surface area contributed by atoms with E-state index in [1.165, 1.54) is 5.56 Å². The summed E-state index contributed by atoms with van der Waals surface area (Å²) >= 11 is 0. The van der Waals surface area contributed by atoms with Crippen LogP contribution in [0.25, 0.3) is 44.7 Å². The Morgan fingerprint density at radius 1 is 0.828 bits per heavy atom. The highest BCUT2D eigenvalue weighted by Crippen LogP contribution is 2.32. The Morgan fingerprint density at radius 2 is 1.52 bits per heavy atom. The van der Waals surface area contributed by atoms with Gasteiger partial charge in [-0.15, -0.1) is 10.2 Å². The van der Waals surface area contributed by atoms with E-state index in [0.29, 0.717) is 33.6 Å². The molecule has 3 aromatic carbocycles. The maximum absolute atomic E-state index is 12.9. The van der Waals surface area contributed by atoms with Crippen molar-refractivity contribution in [2.45, 2.75) is 20.8 Å². The fourth-order valence-corrected chi connectivity index (χ4v) is 4.07. The van der Waals surface area contributed by atoms with Crippen LogP contribution in [0.3, 0.4) is 0 Å². The number of fused-ring (bicyclic) bond motifs is 2. The SMILES string of the molecule is Cc1cc(C)c(-c2nnc(-c3cccc4c(=O)c5ccccc5[nH]c34)o2)c(C)c1. The van der Waals surface area contributed by atoms with Crippen molar-refractivity contribution in [2.75, 3.05) is 0 Å². The molecule has 2 aromatic heterocycles. The van der Waals surface area contributed by atoms with E-state index >= 15 is 0 Å². The highest BCUT2D eigenvalue weighted by Gasteiger charge is 2.18. The van der Waals surface area contributed by atoms with E-state index in [1.807, 2.05) is 56.3 Å². The van der Waals surface area contributed by atoms with E-state index in [1.54, 1.807) is 0 Å². The fourth-order valence-electron chi connectivity index (χ4n) is 4.07. The standard InChI is InChI=1S/C24H19N3O2/c1-13-11-14(2)20(15(3)12-13)24-27-26-23(29-24)18-9-6-8-17-21(18)25-19-10-5-4-7-16(19)22(17)28/h4-12H,1-3H3,(H,25,28). The second-order valence-electron chi connectivity index (χ2n) is 7.41. The van der Waals surface area contributed by atoms with Gasteiger partial charge in [-0.3, -0.25) is 4.79 Å². The largest absolute Gasteiger partial charge is 0.416 e. The molecule has 1 N–H and O–H groups in total. The number of nitrogens with one attached hydrogen (secondary N) is 1. The lowest BCUT2D eigenvalue weighted by Gasteiger charge is -2.07. The lowest BCUT2D eigenvalue weighted by molar-refractivity contribution is 0.584. The van der Waals surface area contributed by atoms with Crippen LogP contribution in [0.4, 0.5) is 0 Å². The first kappa shape index (κ1) is 17.4. The van der Waals surface area contributed by atoms with Crippen molar-refractivity contribution in [3.63, 3.8) is 0 Å². The van der Waals surface area contributed by atoms with Gasteiger partial charge in [0.05, 0.1) is 11.1 Å². The minimum atomic E-state index is -0.0128.